The molecule has 0 unspecified atom stereocenters. The second-order valence-corrected chi connectivity index (χ2v) is 8.43. The molecule has 1 aromatic rings. The molecule has 0 N–H and O–H groups in total. The molecule has 1 atom stereocenters. The van der Waals surface area contributed by atoms with Gasteiger partial charge in [-0.05, 0) is 70.0 Å². The maximum Gasteiger partial charge on any atom is 0.225 e. The van der Waals surface area contributed by atoms with Crippen molar-refractivity contribution in [2.75, 3.05) is 37.6 Å². The fraction of sp³-hybridized carbons (Fsp3) is 0.762. The smallest absolute Gasteiger partial charge is 0.225 e. The summed E-state index contributed by atoms with van der Waals surface area (Å²) < 4.78 is 0. The third-order valence-electron chi connectivity index (χ3n) is 6.61. The van der Waals surface area contributed by atoms with E-state index in [0.717, 1.165) is 50.9 Å². The minimum absolute atomic E-state index is 0.262. The molecular weight excluding hydrogens is 338 g/mol. The largest absolute Gasteiger partial charge is 0.341 e. The Morgan fingerprint density at radius 3 is 2.52 bits per heavy atom. The summed E-state index contributed by atoms with van der Waals surface area (Å²) in [5.74, 6) is 1.83. The zero-order valence-electron chi connectivity index (χ0n) is 16.6. The van der Waals surface area contributed by atoms with Crippen LogP contribution in [0.1, 0.15) is 57.6 Å². The van der Waals surface area contributed by atoms with Gasteiger partial charge in [-0.25, -0.2) is 9.97 Å². The summed E-state index contributed by atoms with van der Waals surface area (Å²) in [6, 6.07) is 2.53. The molecule has 1 aromatic heterocycles. The molecule has 1 amide bonds. The molecule has 3 aliphatic heterocycles. The number of hydrogen-bond donors (Lipinski definition) is 0. The van der Waals surface area contributed by atoms with Gasteiger partial charge in [0.1, 0.15) is 0 Å². The number of carbonyl (C=O) groups is 1. The molecular formula is C21H33N5O. The van der Waals surface area contributed by atoms with Crippen LogP contribution in [-0.2, 0) is 11.3 Å². The van der Waals surface area contributed by atoms with Crippen molar-refractivity contribution in [2.45, 2.75) is 64.5 Å². The van der Waals surface area contributed by atoms with Crippen molar-refractivity contribution >= 4 is 11.9 Å². The van der Waals surface area contributed by atoms with Crippen molar-refractivity contribution in [3.8, 4) is 0 Å². The Labute approximate surface area is 162 Å². The van der Waals surface area contributed by atoms with Gasteiger partial charge in [0, 0.05) is 45.3 Å². The minimum atomic E-state index is 0.262. The maximum absolute atomic E-state index is 12.0. The maximum atomic E-state index is 12.0. The number of hydrogen-bond acceptors (Lipinski definition) is 5. The Hall–Kier alpha value is -1.69. The molecule has 27 heavy (non-hydrogen) atoms. The summed E-state index contributed by atoms with van der Waals surface area (Å²) in [5.41, 5.74) is 1.13. The van der Waals surface area contributed by atoms with Crippen molar-refractivity contribution < 1.29 is 4.79 Å². The minimum Gasteiger partial charge on any atom is -0.341 e. The van der Waals surface area contributed by atoms with Crippen molar-refractivity contribution in [2.24, 2.45) is 5.92 Å². The zero-order chi connectivity index (χ0) is 18.6. The van der Waals surface area contributed by atoms with E-state index in [-0.39, 0.29) is 5.91 Å². The van der Waals surface area contributed by atoms with E-state index < -0.39 is 0 Å². The van der Waals surface area contributed by atoms with Crippen LogP contribution in [0.15, 0.2) is 12.3 Å². The quantitative estimate of drug-likeness (QED) is 0.814. The molecule has 0 aliphatic carbocycles. The number of aromatic nitrogens is 2. The van der Waals surface area contributed by atoms with Gasteiger partial charge < -0.3 is 9.80 Å². The number of likely N-dealkylation sites (tertiary alicyclic amines) is 2. The van der Waals surface area contributed by atoms with Gasteiger partial charge in [0.2, 0.25) is 11.9 Å². The van der Waals surface area contributed by atoms with Gasteiger partial charge in [0.15, 0.2) is 0 Å². The van der Waals surface area contributed by atoms with Crippen LogP contribution in [0.3, 0.4) is 0 Å². The van der Waals surface area contributed by atoms with Gasteiger partial charge in [-0.15, -0.1) is 0 Å². The van der Waals surface area contributed by atoms with E-state index in [9.17, 15) is 4.79 Å². The molecule has 0 radical (unpaired) electrons. The van der Waals surface area contributed by atoms with Crippen molar-refractivity contribution in [1.82, 2.24) is 19.8 Å². The molecule has 4 rings (SSSR count). The van der Waals surface area contributed by atoms with E-state index >= 15 is 0 Å². The lowest BCUT2D eigenvalue weighted by Gasteiger charge is -2.43. The van der Waals surface area contributed by atoms with Crippen molar-refractivity contribution in [3.05, 3.63) is 18.0 Å². The first-order valence-electron chi connectivity index (χ1n) is 10.8. The number of rotatable bonds is 4. The van der Waals surface area contributed by atoms with Crippen LogP contribution in [-0.4, -0.2) is 64.4 Å². The Morgan fingerprint density at radius 2 is 1.78 bits per heavy atom. The average molecular weight is 372 g/mol. The first-order chi connectivity index (χ1) is 13.2. The molecule has 0 spiro atoms. The van der Waals surface area contributed by atoms with Crippen LogP contribution in [0.25, 0.3) is 0 Å². The van der Waals surface area contributed by atoms with Crippen LogP contribution in [0.5, 0.6) is 0 Å². The summed E-state index contributed by atoms with van der Waals surface area (Å²) in [6.07, 6.45) is 10.4. The lowest BCUT2D eigenvalue weighted by atomic mass is 9.83. The zero-order valence-corrected chi connectivity index (χ0v) is 16.6. The molecule has 3 fully saturated rings. The van der Waals surface area contributed by atoms with Gasteiger partial charge in [0.25, 0.3) is 0 Å². The topological polar surface area (TPSA) is 52.6 Å². The van der Waals surface area contributed by atoms with E-state index in [1.807, 2.05) is 6.20 Å². The van der Waals surface area contributed by atoms with E-state index in [1.54, 1.807) is 6.92 Å². The van der Waals surface area contributed by atoms with E-state index in [1.165, 1.54) is 44.9 Å². The van der Waals surface area contributed by atoms with Gasteiger partial charge in [-0.3, -0.25) is 9.69 Å². The fourth-order valence-electron chi connectivity index (χ4n) is 5.11. The summed E-state index contributed by atoms with van der Waals surface area (Å²) in [4.78, 5) is 28.3. The molecule has 0 aromatic carbocycles. The third-order valence-corrected chi connectivity index (χ3v) is 6.61. The number of anilines is 1. The van der Waals surface area contributed by atoms with Gasteiger partial charge in [0.05, 0.1) is 5.69 Å². The highest BCUT2D eigenvalue weighted by atomic mass is 16.2. The second kappa shape index (κ2) is 8.55. The van der Waals surface area contributed by atoms with Crippen LogP contribution in [0, 0.1) is 5.92 Å². The summed E-state index contributed by atoms with van der Waals surface area (Å²) >= 11 is 0. The predicted molar refractivity (Wildman–Crippen MR) is 107 cm³/mol. The normalized spacial score (nSPS) is 25.1. The second-order valence-electron chi connectivity index (χ2n) is 8.43. The highest BCUT2D eigenvalue weighted by Gasteiger charge is 2.33. The molecule has 6 nitrogen and oxygen atoms in total. The number of amides is 1. The number of carbonyl (C=O) groups excluding carboxylic acids is 1. The highest BCUT2D eigenvalue weighted by molar-refractivity contribution is 5.73. The van der Waals surface area contributed by atoms with Gasteiger partial charge in [-0.2, -0.15) is 0 Å². The third kappa shape index (κ3) is 4.42. The monoisotopic (exact) mass is 371 g/mol. The number of piperidine rings is 2. The SMILES string of the molecule is CC(=O)N1CCCC[C@@H]1C1CCN(Cc2ccnc(N3CCCC3)n2)CC1. The van der Waals surface area contributed by atoms with E-state index in [0.29, 0.717) is 12.0 Å². The highest BCUT2D eigenvalue weighted by Crippen LogP contribution is 2.31. The molecule has 3 saturated heterocycles. The first-order valence-corrected chi connectivity index (χ1v) is 10.8. The lowest BCUT2D eigenvalue weighted by molar-refractivity contribution is -0.134. The Kier molecular flexibility index (Phi) is 5.91. The van der Waals surface area contributed by atoms with Crippen molar-refractivity contribution in [3.63, 3.8) is 0 Å². The van der Waals surface area contributed by atoms with E-state index in [2.05, 4.69) is 25.8 Å². The molecule has 4 heterocycles. The average Bonchev–Trinajstić information content (AvgIpc) is 3.24. The van der Waals surface area contributed by atoms with Gasteiger partial charge >= 0.3 is 0 Å². The molecule has 148 valence electrons. The summed E-state index contributed by atoms with van der Waals surface area (Å²) in [5, 5.41) is 0. The first kappa shape index (κ1) is 18.7. The van der Waals surface area contributed by atoms with Crippen molar-refractivity contribution in [1.29, 1.82) is 0 Å². The number of nitrogens with zero attached hydrogens (tertiary/aromatic N) is 5. The van der Waals surface area contributed by atoms with Crippen LogP contribution < -0.4 is 4.90 Å². The molecule has 6 heteroatoms. The predicted octanol–water partition coefficient (Wildman–Crippen LogP) is 2.69. The van der Waals surface area contributed by atoms with Crippen LogP contribution in [0.2, 0.25) is 0 Å². The van der Waals surface area contributed by atoms with Crippen LogP contribution >= 0.6 is 0 Å². The Morgan fingerprint density at radius 1 is 1.04 bits per heavy atom. The standard InChI is InChI=1S/C21H33N5O/c1-17(27)26-13-3-2-6-20(26)18-8-14-24(15-9-18)16-19-7-10-22-21(23-19)25-11-4-5-12-25/h7,10,18,20H,2-6,8-9,11-16H2,1H3/t20-/m1/s1. The van der Waals surface area contributed by atoms with E-state index in [4.69, 9.17) is 4.98 Å². The Bertz CT molecular complexity index is 637. The van der Waals surface area contributed by atoms with Crippen LogP contribution in [0.4, 0.5) is 5.95 Å². The molecule has 0 bridgehead atoms. The molecule has 3 aliphatic rings. The lowest BCUT2D eigenvalue weighted by Crippen LogP contribution is -2.49. The molecule has 0 saturated carbocycles. The summed E-state index contributed by atoms with van der Waals surface area (Å²) in [6.45, 7) is 8.00. The van der Waals surface area contributed by atoms with Gasteiger partial charge in [-0.1, -0.05) is 0 Å². The summed E-state index contributed by atoms with van der Waals surface area (Å²) in [7, 11) is 0. The fourth-order valence-corrected chi connectivity index (χ4v) is 5.11. The Balaban J connectivity index is 1.32.